The minimum absolute atomic E-state index is 0.188. The average Bonchev–Trinajstić information content (AvgIpc) is 3.46. The molecular weight excluding hydrogens is 472 g/mol. The van der Waals surface area contributed by atoms with Crippen molar-refractivity contribution in [1.82, 2.24) is 9.97 Å². The van der Waals surface area contributed by atoms with Gasteiger partial charge in [-0.15, -0.1) is 0 Å². The molecule has 2 aromatic rings. The first-order chi connectivity index (χ1) is 18.3. The lowest BCUT2D eigenvalue weighted by Crippen LogP contribution is -2.62. The zero-order valence-corrected chi connectivity index (χ0v) is 23.5. The van der Waals surface area contributed by atoms with Crippen LogP contribution in [-0.4, -0.2) is 45.6 Å². The second kappa shape index (κ2) is 9.24. The van der Waals surface area contributed by atoms with E-state index in [2.05, 4.69) is 32.0 Å². The van der Waals surface area contributed by atoms with Gasteiger partial charge >= 0.3 is 0 Å². The summed E-state index contributed by atoms with van der Waals surface area (Å²) in [6.07, 6.45) is 13.9. The summed E-state index contributed by atoms with van der Waals surface area (Å²) in [6, 6.07) is 6.32. The molecule has 1 unspecified atom stereocenters. The average molecular weight is 519 g/mol. The Hall–Kier alpha value is -1.56. The Kier molecular flexibility index (Phi) is 6.18. The molecule has 5 aliphatic carbocycles. The number of aliphatic hydroxyl groups is 2. The van der Waals surface area contributed by atoms with Gasteiger partial charge in [0.15, 0.2) is 0 Å². The Morgan fingerprint density at radius 3 is 2.68 bits per heavy atom. The van der Waals surface area contributed by atoms with Gasteiger partial charge in [-0.1, -0.05) is 25.1 Å². The first kappa shape index (κ1) is 25.4. The number of benzene rings is 1. The normalized spacial score (nSPS) is 45.9. The summed E-state index contributed by atoms with van der Waals surface area (Å²) >= 11 is 0. The van der Waals surface area contributed by atoms with Crippen molar-refractivity contribution >= 4 is 10.9 Å². The zero-order chi connectivity index (χ0) is 26.2. The van der Waals surface area contributed by atoms with E-state index >= 15 is 0 Å². The molecule has 0 amide bonds. The summed E-state index contributed by atoms with van der Waals surface area (Å²) in [5.41, 5.74) is 2.76. The largest absolute Gasteiger partial charge is 0.393 e. The molecule has 7 rings (SSSR count). The van der Waals surface area contributed by atoms with E-state index < -0.39 is 0 Å². The van der Waals surface area contributed by atoms with Crippen LogP contribution in [0.3, 0.4) is 0 Å². The van der Waals surface area contributed by atoms with Crippen LogP contribution >= 0.6 is 0 Å². The second-order valence-corrected chi connectivity index (χ2v) is 14.1. The van der Waals surface area contributed by atoms with E-state index in [-0.39, 0.29) is 23.0 Å². The van der Waals surface area contributed by atoms with Crippen LogP contribution in [-0.2, 0) is 11.2 Å². The number of nitrogens with zero attached hydrogens (tertiary/aromatic N) is 2. The van der Waals surface area contributed by atoms with Gasteiger partial charge in [0, 0.05) is 30.5 Å². The number of aliphatic hydroxyl groups excluding tert-OH is 2. The lowest BCUT2D eigenvalue weighted by Gasteiger charge is -2.64. The number of hydrogen-bond donors (Lipinski definition) is 2. The van der Waals surface area contributed by atoms with Crippen LogP contribution < -0.4 is 0 Å². The number of aryl methyl sites for hydroxylation is 2. The smallest absolute Gasteiger partial charge is 0.128 e. The van der Waals surface area contributed by atoms with E-state index in [0.717, 1.165) is 61.7 Å². The molecule has 5 nitrogen and oxygen atoms in total. The van der Waals surface area contributed by atoms with Gasteiger partial charge in [0.2, 0.25) is 0 Å². The van der Waals surface area contributed by atoms with E-state index in [1.807, 2.05) is 13.3 Å². The number of fused-ring (bicyclic) bond motifs is 5. The maximum atomic E-state index is 11.7. The fourth-order valence-corrected chi connectivity index (χ4v) is 11.2. The van der Waals surface area contributed by atoms with Crippen molar-refractivity contribution in [3.8, 4) is 0 Å². The van der Waals surface area contributed by atoms with Crippen LogP contribution in [0.25, 0.3) is 10.9 Å². The topological polar surface area (TPSA) is 75.5 Å². The molecule has 1 heterocycles. The predicted octanol–water partition coefficient (Wildman–Crippen LogP) is 5.88. The van der Waals surface area contributed by atoms with E-state index in [0.29, 0.717) is 41.6 Å². The van der Waals surface area contributed by atoms with Crippen LogP contribution in [0.15, 0.2) is 24.4 Å². The molecule has 38 heavy (non-hydrogen) atoms. The van der Waals surface area contributed by atoms with Gasteiger partial charge in [0.25, 0.3) is 0 Å². The zero-order valence-electron chi connectivity index (χ0n) is 23.5. The first-order valence-electron chi connectivity index (χ1n) is 15.5. The minimum Gasteiger partial charge on any atom is -0.393 e. The van der Waals surface area contributed by atoms with Crippen molar-refractivity contribution in [2.45, 2.75) is 103 Å². The Labute approximate surface area is 227 Å². The third-order valence-corrected chi connectivity index (χ3v) is 12.9. The number of methoxy groups -OCH3 is 1. The number of ether oxygens (including phenoxy) is 1. The summed E-state index contributed by atoms with van der Waals surface area (Å²) in [4.78, 5) is 9.69. The molecule has 5 fully saturated rings. The molecule has 1 aromatic heterocycles. The standard InChI is InChI=1S/C33H46N2O3/c1-19-5-4-6-21-18-34-29(35-31(19)21)10-7-20-11-14-33-24(20)8-9-25(33)30-26(17-28(33)38-3)32(2)13-12-23(36)15-22(32)16-27(30)37/h4-6,18,20,22-28,30,36-37H,7-17H2,1-3H3/t20-,22-,23+,24+,25-,26?,27+,28-,30-,32-,33+/m0/s1. The third-order valence-electron chi connectivity index (χ3n) is 12.9. The van der Waals surface area contributed by atoms with Gasteiger partial charge in [-0.2, -0.15) is 0 Å². The van der Waals surface area contributed by atoms with Crippen molar-refractivity contribution in [2.24, 2.45) is 46.3 Å². The van der Waals surface area contributed by atoms with Crippen LogP contribution in [0, 0.1) is 53.3 Å². The molecule has 1 aromatic carbocycles. The van der Waals surface area contributed by atoms with Gasteiger partial charge in [0.1, 0.15) is 5.82 Å². The minimum atomic E-state index is -0.227. The fraction of sp³-hybridized carbons (Fsp3) is 0.758. The van der Waals surface area contributed by atoms with Crippen molar-refractivity contribution in [3.63, 3.8) is 0 Å². The highest BCUT2D eigenvalue weighted by Gasteiger charge is 2.69. The van der Waals surface area contributed by atoms with Crippen LogP contribution in [0.5, 0.6) is 0 Å². The fourth-order valence-electron chi connectivity index (χ4n) is 11.2. The predicted molar refractivity (Wildman–Crippen MR) is 148 cm³/mol. The number of aromatic nitrogens is 2. The summed E-state index contributed by atoms with van der Waals surface area (Å²) in [6.45, 7) is 4.63. The Morgan fingerprint density at radius 1 is 1.00 bits per heavy atom. The van der Waals surface area contributed by atoms with Crippen molar-refractivity contribution in [1.29, 1.82) is 0 Å². The van der Waals surface area contributed by atoms with Gasteiger partial charge in [0.05, 0.1) is 23.8 Å². The number of para-hydroxylation sites is 1. The summed E-state index contributed by atoms with van der Waals surface area (Å²) < 4.78 is 6.46. The molecule has 206 valence electrons. The second-order valence-electron chi connectivity index (χ2n) is 14.1. The molecule has 0 bridgehead atoms. The summed E-state index contributed by atoms with van der Waals surface area (Å²) in [7, 11) is 1.95. The maximum Gasteiger partial charge on any atom is 0.128 e. The molecule has 5 saturated carbocycles. The highest BCUT2D eigenvalue weighted by atomic mass is 16.5. The van der Waals surface area contributed by atoms with Crippen LogP contribution in [0.1, 0.15) is 82.5 Å². The monoisotopic (exact) mass is 518 g/mol. The number of hydrogen-bond acceptors (Lipinski definition) is 5. The molecule has 0 radical (unpaired) electrons. The molecule has 11 atom stereocenters. The molecular formula is C33H46N2O3. The van der Waals surface area contributed by atoms with Gasteiger partial charge in [-0.25, -0.2) is 9.97 Å². The number of rotatable bonds is 4. The molecule has 5 aliphatic rings. The summed E-state index contributed by atoms with van der Waals surface area (Å²) in [5, 5.41) is 23.2. The van der Waals surface area contributed by atoms with E-state index in [1.54, 1.807) is 0 Å². The molecule has 1 spiro atoms. The van der Waals surface area contributed by atoms with Crippen molar-refractivity contribution in [3.05, 3.63) is 35.8 Å². The third kappa shape index (κ3) is 3.60. The lowest BCUT2D eigenvalue weighted by molar-refractivity contribution is -0.211. The van der Waals surface area contributed by atoms with Crippen LogP contribution in [0.2, 0.25) is 0 Å². The highest BCUT2D eigenvalue weighted by Crippen LogP contribution is 2.72. The Bertz CT molecular complexity index is 1200. The van der Waals surface area contributed by atoms with Gasteiger partial charge in [-0.05, 0) is 118 Å². The van der Waals surface area contributed by atoms with Crippen molar-refractivity contribution in [2.75, 3.05) is 7.11 Å². The van der Waals surface area contributed by atoms with Gasteiger partial charge < -0.3 is 14.9 Å². The lowest BCUT2D eigenvalue weighted by atomic mass is 9.43. The van der Waals surface area contributed by atoms with Crippen LogP contribution in [0.4, 0.5) is 0 Å². The maximum absolute atomic E-state index is 11.7. The van der Waals surface area contributed by atoms with Crippen molar-refractivity contribution < 1.29 is 14.9 Å². The molecule has 0 saturated heterocycles. The molecule has 5 heteroatoms. The van der Waals surface area contributed by atoms with Gasteiger partial charge in [-0.3, -0.25) is 0 Å². The Balaban J connectivity index is 1.13. The van der Waals surface area contributed by atoms with E-state index in [1.165, 1.54) is 31.2 Å². The SMILES string of the molecule is CO[C@H]1CC2[C@@H]([C@H](O)C[C@@H]3C[C@H](O)CC[C@]23C)[C@@H]2CC[C@@H]3[C@@H](CCc4ncc5cccc(C)c5n4)CC[C@@]132. The quantitative estimate of drug-likeness (QED) is 0.529. The summed E-state index contributed by atoms with van der Waals surface area (Å²) in [5.74, 6) is 4.28. The van der Waals surface area contributed by atoms with E-state index in [9.17, 15) is 10.2 Å². The Morgan fingerprint density at radius 2 is 1.84 bits per heavy atom. The molecule has 0 aliphatic heterocycles. The van der Waals surface area contributed by atoms with E-state index in [4.69, 9.17) is 14.7 Å². The molecule has 2 N–H and O–H groups in total. The first-order valence-corrected chi connectivity index (χ1v) is 15.5. The highest BCUT2D eigenvalue weighted by molar-refractivity contribution is 5.80.